The van der Waals surface area contributed by atoms with Crippen molar-refractivity contribution in [2.24, 2.45) is 0 Å². The van der Waals surface area contributed by atoms with Gasteiger partial charge in [-0.1, -0.05) is 6.07 Å². The van der Waals surface area contributed by atoms with Crippen molar-refractivity contribution < 1.29 is 14.5 Å². The maximum atomic E-state index is 11.3. The number of benzene rings is 1. The normalized spacial score (nSPS) is 19.6. The molecule has 5 heteroatoms. The third-order valence-corrected chi connectivity index (χ3v) is 3.18. The van der Waals surface area contributed by atoms with Crippen LogP contribution in [0.25, 0.3) is 0 Å². The Hall–Kier alpha value is -1.91. The Morgan fingerprint density at radius 3 is 2.89 bits per heavy atom. The lowest BCUT2D eigenvalue weighted by atomic mass is 9.96. The van der Waals surface area contributed by atoms with Gasteiger partial charge in [0.2, 0.25) is 0 Å². The molecule has 1 aromatic carbocycles. The molecule has 0 aromatic heterocycles. The second kappa shape index (κ2) is 5.16. The number of hydrogen-bond acceptors (Lipinski definition) is 4. The molecule has 1 atom stereocenters. The predicted octanol–water partition coefficient (Wildman–Crippen LogP) is 2.79. The van der Waals surface area contributed by atoms with E-state index >= 15 is 0 Å². The number of ether oxygens (including phenoxy) is 1. The van der Waals surface area contributed by atoms with E-state index in [0.29, 0.717) is 24.2 Å². The van der Waals surface area contributed by atoms with E-state index in [9.17, 15) is 14.9 Å². The van der Waals surface area contributed by atoms with Gasteiger partial charge in [0, 0.05) is 18.9 Å². The molecule has 1 saturated carbocycles. The van der Waals surface area contributed by atoms with Gasteiger partial charge in [-0.05, 0) is 25.8 Å². The summed E-state index contributed by atoms with van der Waals surface area (Å²) in [7, 11) is 0. The Balaban J connectivity index is 2.16. The summed E-state index contributed by atoms with van der Waals surface area (Å²) < 4.78 is 5.72. The topological polar surface area (TPSA) is 69.4 Å². The lowest BCUT2D eigenvalue weighted by Gasteiger charge is -2.23. The minimum atomic E-state index is -0.422. The minimum Gasteiger partial charge on any atom is -0.489 e. The van der Waals surface area contributed by atoms with E-state index in [1.165, 1.54) is 6.07 Å². The molecule has 0 spiro atoms. The number of hydrogen-bond donors (Lipinski definition) is 0. The standard InChI is InChI=1S/C13H15NO4/c1-9-12(14(16)17)6-3-7-13(9)18-11-5-2-4-10(15)8-11/h3,6-7,11H,2,4-5,8H2,1H3. The van der Waals surface area contributed by atoms with E-state index in [1.807, 2.05) is 0 Å². The molecule has 0 saturated heterocycles. The molecule has 0 N–H and O–H groups in total. The first-order valence-electron chi connectivity index (χ1n) is 6.00. The average molecular weight is 249 g/mol. The molecule has 2 rings (SSSR count). The molecule has 0 aliphatic heterocycles. The Kier molecular flexibility index (Phi) is 3.60. The first-order valence-corrected chi connectivity index (χ1v) is 6.00. The second-order valence-corrected chi connectivity index (χ2v) is 4.53. The van der Waals surface area contributed by atoms with Crippen LogP contribution in [0.3, 0.4) is 0 Å². The van der Waals surface area contributed by atoms with Crippen LogP contribution >= 0.6 is 0 Å². The van der Waals surface area contributed by atoms with Gasteiger partial charge in [0.15, 0.2) is 0 Å². The molecular weight excluding hydrogens is 234 g/mol. The van der Waals surface area contributed by atoms with Gasteiger partial charge in [0.25, 0.3) is 5.69 Å². The average Bonchev–Trinajstić information content (AvgIpc) is 2.31. The predicted molar refractivity (Wildman–Crippen MR) is 65.7 cm³/mol. The molecule has 1 aliphatic carbocycles. The molecule has 1 fully saturated rings. The van der Waals surface area contributed by atoms with Crippen LogP contribution in [0.2, 0.25) is 0 Å². The highest BCUT2D eigenvalue weighted by atomic mass is 16.6. The Bertz CT molecular complexity index is 484. The van der Waals surface area contributed by atoms with Crippen LogP contribution in [0.5, 0.6) is 5.75 Å². The highest BCUT2D eigenvalue weighted by Crippen LogP contribution is 2.29. The summed E-state index contributed by atoms with van der Waals surface area (Å²) in [5, 5.41) is 10.8. The van der Waals surface area contributed by atoms with Crippen LogP contribution in [0.4, 0.5) is 5.69 Å². The van der Waals surface area contributed by atoms with Crippen LogP contribution in [0, 0.1) is 17.0 Å². The molecule has 1 aromatic rings. The van der Waals surface area contributed by atoms with Gasteiger partial charge < -0.3 is 4.74 Å². The van der Waals surface area contributed by atoms with Gasteiger partial charge in [-0.25, -0.2) is 0 Å². The van der Waals surface area contributed by atoms with E-state index in [4.69, 9.17) is 4.74 Å². The molecule has 1 aliphatic rings. The molecule has 0 bridgehead atoms. The minimum absolute atomic E-state index is 0.0506. The Morgan fingerprint density at radius 2 is 2.22 bits per heavy atom. The number of Topliss-reactive ketones (excluding diaryl/α,β-unsaturated/α-hetero) is 1. The fourth-order valence-corrected chi connectivity index (χ4v) is 2.19. The number of nitro benzene ring substituents is 1. The van der Waals surface area contributed by atoms with Crippen LogP contribution in [0.15, 0.2) is 18.2 Å². The van der Waals surface area contributed by atoms with Crippen molar-refractivity contribution >= 4 is 11.5 Å². The molecular formula is C13H15NO4. The highest BCUT2D eigenvalue weighted by molar-refractivity contribution is 5.79. The number of carbonyl (C=O) groups excluding carboxylic acids is 1. The van der Waals surface area contributed by atoms with Crippen molar-refractivity contribution in [2.75, 3.05) is 0 Å². The fraction of sp³-hybridized carbons (Fsp3) is 0.462. The van der Waals surface area contributed by atoms with Crippen LogP contribution in [-0.2, 0) is 4.79 Å². The van der Waals surface area contributed by atoms with E-state index in [2.05, 4.69) is 0 Å². The number of nitro groups is 1. The maximum absolute atomic E-state index is 11.3. The van der Waals surface area contributed by atoms with Gasteiger partial charge in [-0.2, -0.15) is 0 Å². The summed E-state index contributed by atoms with van der Waals surface area (Å²) in [4.78, 5) is 21.7. The lowest BCUT2D eigenvalue weighted by molar-refractivity contribution is -0.385. The first kappa shape index (κ1) is 12.5. The number of rotatable bonds is 3. The summed E-state index contributed by atoms with van der Waals surface area (Å²) >= 11 is 0. The third-order valence-electron chi connectivity index (χ3n) is 3.18. The van der Waals surface area contributed by atoms with Crippen LogP contribution < -0.4 is 4.74 Å². The highest BCUT2D eigenvalue weighted by Gasteiger charge is 2.23. The molecule has 0 radical (unpaired) electrons. The zero-order chi connectivity index (χ0) is 13.1. The quantitative estimate of drug-likeness (QED) is 0.610. The maximum Gasteiger partial charge on any atom is 0.276 e. The summed E-state index contributed by atoms with van der Waals surface area (Å²) in [5.74, 6) is 0.707. The second-order valence-electron chi connectivity index (χ2n) is 4.53. The summed E-state index contributed by atoms with van der Waals surface area (Å²) in [6.07, 6.45) is 2.54. The van der Waals surface area contributed by atoms with Gasteiger partial charge >= 0.3 is 0 Å². The summed E-state index contributed by atoms with van der Waals surface area (Å²) in [6.45, 7) is 1.66. The Labute approximate surface area is 105 Å². The van der Waals surface area contributed by atoms with E-state index in [1.54, 1.807) is 19.1 Å². The summed E-state index contributed by atoms with van der Waals surface area (Å²) in [6, 6.07) is 4.76. The van der Waals surface area contributed by atoms with Crippen molar-refractivity contribution in [3.8, 4) is 5.75 Å². The lowest BCUT2D eigenvalue weighted by Crippen LogP contribution is -2.25. The van der Waals surface area contributed by atoms with Crippen LogP contribution in [0.1, 0.15) is 31.2 Å². The van der Waals surface area contributed by atoms with Gasteiger partial charge in [-0.15, -0.1) is 0 Å². The molecule has 5 nitrogen and oxygen atoms in total. The van der Waals surface area contributed by atoms with Gasteiger partial charge in [0.1, 0.15) is 17.6 Å². The molecule has 18 heavy (non-hydrogen) atoms. The number of carbonyl (C=O) groups is 1. The zero-order valence-corrected chi connectivity index (χ0v) is 10.2. The zero-order valence-electron chi connectivity index (χ0n) is 10.2. The van der Waals surface area contributed by atoms with Crippen molar-refractivity contribution in [3.63, 3.8) is 0 Å². The molecule has 1 unspecified atom stereocenters. The smallest absolute Gasteiger partial charge is 0.276 e. The number of ketones is 1. The van der Waals surface area contributed by atoms with Crippen molar-refractivity contribution in [1.82, 2.24) is 0 Å². The molecule has 0 heterocycles. The van der Waals surface area contributed by atoms with Gasteiger partial charge in [0.05, 0.1) is 10.5 Å². The largest absolute Gasteiger partial charge is 0.489 e. The van der Waals surface area contributed by atoms with Crippen molar-refractivity contribution in [3.05, 3.63) is 33.9 Å². The molecule has 0 amide bonds. The molecule has 96 valence electrons. The van der Waals surface area contributed by atoms with Gasteiger partial charge in [-0.3, -0.25) is 14.9 Å². The van der Waals surface area contributed by atoms with E-state index in [0.717, 1.165) is 12.8 Å². The third kappa shape index (κ3) is 2.67. The Morgan fingerprint density at radius 1 is 1.44 bits per heavy atom. The summed E-state index contributed by atoms with van der Waals surface area (Å²) in [5.41, 5.74) is 0.565. The SMILES string of the molecule is Cc1c(OC2CCCC(=O)C2)cccc1[N+](=O)[O-]. The monoisotopic (exact) mass is 249 g/mol. The van der Waals surface area contributed by atoms with Crippen molar-refractivity contribution in [1.29, 1.82) is 0 Å². The van der Waals surface area contributed by atoms with E-state index in [-0.39, 0.29) is 17.6 Å². The van der Waals surface area contributed by atoms with Crippen molar-refractivity contribution in [2.45, 2.75) is 38.7 Å². The number of nitrogens with zero attached hydrogens (tertiary/aromatic N) is 1. The first-order chi connectivity index (χ1) is 8.58. The van der Waals surface area contributed by atoms with E-state index < -0.39 is 4.92 Å². The fourth-order valence-electron chi connectivity index (χ4n) is 2.19. The van der Waals surface area contributed by atoms with Crippen LogP contribution in [-0.4, -0.2) is 16.8 Å².